The van der Waals surface area contributed by atoms with Crippen LogP contribution in [-0.2, 0) is 4.79 Å². The largest absolute Gasteiger partial charge is 0.354 e. The number of amides is 1. The summed E-state index contributed by atoms with van der Waals surface area (Å²) >= 11 is 0. The van der Waals surface area contributed by atoms with Crippen molar-refractivity contribution >= 4 is 5.91 Å². The van der Waals surface area contributed by atoms with Crippen molar-refractivity contribution in [2.45, 2.75) is 46.1 Å². The maximum Gasteiger partial charge on any atom is 0.223 e. The van der Waals surface area contributed by atoms with Gasteiger partial charge in [0.15, 0.2) is 0 Å². The summed E-state index contributed by atoms with van der Waals surface area (Å²) in [7, 11) is 0. The van der Waals surface area contributed by atoms with Gasteiger partial charge in [-0.15, -0.1) is 0 Å². The molecule has 0 aromatic rings. The zero-order chi connectivity index (χ0) is 16.7. The molecule has 0 heterocycles. The van der Waals surface area contributed by atoms with Gasteiger partial charge in [0.25, 0.3) is 0 Å². The Bertz CT molecular complexity index is 425. The molecule has 0 aromatic carbocycles. The van der Waals surface area contributed by atoms with Crippen LogP contribution < -0.4 is 11.1 Å². The van der Waals surface area contributed by atoms with Gasteiger partial charge >= 0.3 is 0 Å². The summed E-state index contributed by atoms with van der Waals surface area (Å²) in [6.07, 6.45) is 8.62. The topological polar surface area (TPSA) is 55.1 Å². The van der Waals surface area contributed by atoms with E-state index in [-0.39, 0.29) is 17.9 Å². The average Bonchev–Trinajstić information content (AvgIpc) is 2.49. The first kappa shape index (κ1) is 18.7. The van der Waals surface area contributed by atoms with Gasteiger partial charge in [-0.05, 0) is 36.2 Å². The van der Waals surface area contributed by atoms with E-state index in [1.807, 2.05) is 6.08 Å². The summed E-state index contributed by atoms with van der Waals surface area (Å²) in [6.45, 7) is 14.5. The molecule has 0 bridgehead atoms. The van der Waals surface area contributed by atoms with E-state index < -0.39 is 0 Å². The van der Waals surface area contributed by atoms with Gasteiger partial charge in [0.1, 0.15) is 0 Å². The van der Waals surface area contributed by atoms with Crippen LogP contribution in [0.15, 0.2) is 37.0 Å². The van der Waals surface area contributed by atoms with Crippen LogP contribution in [0, 0.1) is 23.7 Å². The van der Waals surface area contributed by atoms with Gasteiger partial charge < -0.3 is 11.1 Å². The lowest BCUT2D eigenvalue weighted by atomic mass is 9.70. The quantitative estimate of drug-likeness (QED) is 0.708. The second-order valence-electron chi connectivity index (χ2n) is 6.89. The molecule has 1 amide bonds. The maximum absolute atomic E-state index is 12.6. The van der Waals surface area contributed by atoms with E-state index in [0.29, 0.717) is 24.3 Å². The second kappa shape index (κ2) is 8.94. The predicted molar refractivity (Wildman–Crippen MR) is 94.3 cm³/mol. The summed E-state index contributed by atoms with van der Waals surface area (Å²) in [4.78, 5) is 12.6. The molecular formula is C19H32N2O. The highest BCUT2D eigenvalue weighted by Crippen LogP contribution is 2.38. The van der Waals surface area contributed by atoms with Crippen molar-refractivity contribution in [2.75, 3.05) is 6.54 Å². The highest BCUT2D eigenvalue weighted by molar-refractivity contribution is 5.79. The van der Waals surface area contributed by atoms with E-state index in [1.54, 1.807) is 12.2 Å². The molecule has 1 aliphatic carbocycles. The fourth-order valence-electron chi connectivity index (χ4n) is 3.44. The van der Waals surface area contributed by atoms with Crippen LogP contribution in [0.4, 0.5) is 0 Å². The Hall–Kier alpha value is -1.35. The Balaban J connectivity index is 2.64. The summed E-state index contributed by atoms with van der Waals surface area (Å²) in [5.41, 5.74) is 7.01. The molecule has 3 nitrogen and oxygen atoms in total. The molecule has 0 saturated heterocycles. The number of allylic oxidation sites excluding steroid dienone is 2. The highest BCUT2D eigenvalue weighted by atomic mass is 16.1. The normalized spacial score (nSPS) is 27.3. The van der Waals surface area contributed by atoms with Crippen molar-refractivity contribution in [3.63, 3.8) is 0 Å². The molecule has 0 aromatic heterocycles. The molecule has 22 heavy (non-hydrogen) atoms. The van der Waals surface area contributed by atoms with E-state index in [4.69, 9.17) is 5.73 Å². The number of rotatable bonds is 7. The van der Waals surface area contributed by atoms with Crippen molar-refractivity contribution in [2.24, 2.45) is 29.4 Å². The molecule has 1 unspecified atom stereocenters. The third-order valence-corrected chi connectivity index (χ3v) is 4.83. The number of carbonyl (C=O) groups is 1. The minimum atomic E-state index is -0.238. The number of nitrogens with two attached hydrogens (primary N) is 1. The summed E-state index contributed by atoms with van der Waals surface area (Å²) in [5.74, 6) is 1.93. The van der Waals surface area contributed by atoms with Gasteiger partial charge in [-0.25, -0.2) is 0 Å². The van der Waals surface area contributed by atoms with Crippen molar-refractivity contribution < 1.29 is 4.79 Å². The zero-order valence-corrected chi connectivity index (χ0v) is 14.3. The molecule has 1 saturated carbocycles. The van der Waals surface area contributed by atoms with Crippen molar-refractivity contribution in [1.29, 1.82) is 0 Å². The fraction of sp³-hybridized carbons (Fsp3) is 0.632. The minimum Gasteiger partial charge on any atom is -0.354 e. The smallest absolute Gasteiger partial charge is 0.223 e. The lowest BCUT2D eigenvalue weighted by Crippen LogP contribution is -2.44. The molecule has 0 aliphatic heterocycles. The fourth-order valence-corrected chi connectivity index (χ4v) is 3.44. The Labute approximate surface area is 135 Å². The second-order valence-corrected chi connectivity index (χ2v) is 6.89. The van der Waals surface area contributed by atoms with Crippen molar-refractivity contribution in [3.05, 3.63) is 37.0 Å². The molecule has 3 heteroatoms. The van der Waals surface area contributed by atoms with Crippen molar-refractivity contribution in [3.8, 4) is 0 Å². The first-order chi connectivity index (χ1) is 10.4. The number of nitrogens with one attached hydrogen (secondary N) is 1. The van der Waals surface area contributed by atoms with Gasteiger partial charge in [-0.1, -0.05) is 58.6 Å². The molecular weight excluding hydrogens is 272 g/mol. The summed E-state index contributed by atoms with van der Waals surface area (Å²) in [5, 5.41) is 3.04. The van der Waals surface area contributed by atoms with E-state index in [9.17, 15) is 4.79 Å². The molecule has 1 aliphatic rings. The van der Waals surface area contributed by atoms with Crippen LogP contribution in [0.3, 0.4) is 0 Å². The standard InChI is InChI=1S/C19H32N2O/c1-6-8-15(7-2)18(20)12-21-19(22)17-11-14(5)9-10-16(17)13(3)4/h6-8,13-14,16-18H,1-2,9-12,20H2,3-5H3,(H,21,22)/b15-8+/t14?,16-,17+,18+/m0/s1. The van der Waals surface area contributed by atoms with Gasteiger partial charge in [0, 0.05) is 18.5 Å². The Kier molecular flexibility index (Phi) is 7.60. The first-order valence-corrected chi connectivity index (χ1v) is 8.39. The van der Waals surface area contributed by atoms with Gasteiger partial charge in [0.2, 0.25) is 5.91 Å². The van der Waals surface area contributed by atoms with E-state index in [2.05, 4.69) is 39.2 Å². The Morgan fingerprint density at radius 2 is 2.05 bits per heavy atom. The average molecular weight is 304 g/mol. The minimum absolute atomic E-state index is 0.117. The molecule has 124 valence electrons. The van der Waals surface area contributed by atoms with Crippen LogP contribution in [0.1, 0.15) is 40.0 Å². The summed E-state index contributed by atoms with van der Waals surface area (Å²) in [6, 6.07) is -0.238. The number of hydrogen-bond donors (Lipinski definition) is 2. The van der Waals surface area contributed by atoms with Crippen LogP contribution in [0.25, 0.3) is 0 Å². The highest BCUT2D eigenvalue weighted by Gasteiger charge is 2.35. The van der Waals surface area contributed by atoms with E-state index >= 15 is 0 Å². The molecule has 1 rings (SSSR count). The lowest BCUT2D eigenvalue weighted by Gasteiger charge is -2.36. The Morgan fingerprint density at radius 3 is 2.59 bits per heavy atom. The molecule has 0 radical (unpaired) electrons. The van der Waals surface area contributed by atoms with E-state index in [1.165, 1.54) is 6.42 Å². The first-order valence-electron chi connectivity index (χ1n) is 8.39. The van der Waals surface area contributed by atoms with Gasteiger partial charge in [0.05, 0.1) is 0 Å². The maximum atomic E-state index is 12.6. The van der Waals surface area contributed by atoms with Crippen molar-refractivity contribution in [1.82, 2.24) is 5.32 Å². The SMILES string of the molecule is C=C/C=C(\C=C)[C@H](N)CNC(=O)[C@@H]1CC(C)CC[C@H]1C(C)C. The molecule has 1 fully saturated rings. The van der Waals surface area contributed by atoms with E-state index in [0.717, 1.165) is 18.4 Å². The Morgan fingerprint density at radius 1 is 1.36 bits per heavy atom. The number of hydrogen-bond acceptors (Lipinski definition) is 2. The third kappa shape index (κ3) is 5.13. The predicted octanol–water partition coefficient (Wildman–Crippen LogP) is 3.44. The van der Waals surface area contributed by atoms with Crippen LogP contribution in [0.5, 0.6) is 0 Å². The van der Waals surface area contributed by atoms with Crippen LogP contribution in [0.2, 0.25) is 0 Å². The molecule has 3 N–H and O–H groups in total. The molecule has 4 atom stereocenters. The zero-order valence-electron chi connectivity index (χ0n) is 14.3. The van der Waals surface area contributed by atoms with Crippen LogP contribution >= 0.6 is 0 Å². The third-order valence-electron chi connectivity index (χ3n) is 4.83. The lowest BCUT2D eigenvalue weighted by molar-refractivity contribution is -0.129. The van der Waals surface area contributed by atoms with Gasteiger partial charge in [-0.2, -0.15) is 0 Å². The van der Waals surface area contributed by atoms with Gasteiger partial charge in [-0.3, -0.25) is 4.79 Å². The van der Waals surface area contributed by atoms with Crippen LogP contribution in [-0.4, -0.2) is 18.5 Å². The summed E-state index contributed by atoms with van der Waals surface area (Å²) < 4.78 is 0. The monoisotopic (exact) mass is 304 g/mol. The number of carbonyl (C=O) groups excluding carboxylic acids is 1. The molecule has 0 spiro atoms.